The molecular weight excluding hydrogens is 222 g/mol. The van der Waals surface area contributed by atoms with Gasteiger partial charge >= 0.3 is 0 Å². The highest BCUT2D eigenvalue weighted by molar-refractivity contribution is 5.61. The number of rotatable bonds is 4. The molecule has 0 saturated heterocycles. The van der Waals surface area contributed by atoms with Crippen molar-refractivity contribution in [3.63, 3.8) is 0 Å². The van der Waals surface area contributed by atoms with Crippen molar-refractivity contribution in [2.24, 2.45) is 5.41 Å². The molecule has 0 radical (unpaired) electrons. The lowest BCUT2D eigenvalue weighted by Gasteiger charge is -2.32. The molecule has 2 rings (SSSR count). The average Bonchev–Trinajstić information content (AvgIpc) is 2.66. The lowest BCUT2D eigenvalue weighted by atomic mass is 9.81. The lowest BCUT2D eigenvalue weighted by molar-refractivity contribution is -0.116. The smallest absolute Gasteiger partial charge is 0.127 e. The summed E-state index contributed by atoms with van der Waals surface area (Å²) in [5.74, 6) is 0. The molecule has 0 aromatic heterocycles. The summed E-state index contributed by atoms with van der Waals surface area (Å²) in [6.45, 7) is 0.848. The second kappa shape index (κ2) is 6.03. The van der Waals surface area contributed by atoms with E-state index in [1.807, 2.05) is 18.2 Å². The van der Waals surface area contributed by atoms with Gasteiger partial charge in [0.1, 0.15) is 6.29 Å². The van der Waals surface area contributed by atoms with E-state index in [1.54, 1.807) is 0 Å². The maximum atomic E-state index is 11.6. The molecule has 0 atom stereocenters. The predicted octanol–water partition coefficient (Wildman–Crippen LogP) is 3.66. The number of carbonyl (C=O) groups is 1. The molecule has 0 bridgehead atoms. The van der Waals surface area contributed by atoms with Gasteiger partial charge in [-0.3, -0.25) is 0 Å². The molecule has 1 fully saturated rings. The van der Waals surface area contributed by atoms with Gasteiger partial charge in [-0.1, -0.05) is 43.9 Å². The molecule has 18 heavy (non-hydrogen) atoms. The summed E-state index contributed by atoms with van der Waals surface area (Å²) in [6.07, 6.45) is 8.27. The molecule has 1 aromatic carbocycles. The Bertz CT molecular complexity index is 366. The molecule has 0 N–H and O–H groups in total. The molecule has 0 amide bonds. The van der Waals surface area contributed by atoms with Crippen molar-refractivity contribution in [3.05, 3.63) is 30.3 Å². The first-order valence-electron chi connectivity index (χ1n) is 6.98. The minimum atomic E-state index is -0.124. The van der Waals surface area contributed by atoms with Crippen LogP contribution < -0.4 is 4.90 Å². The van der Waals surface area contributed by atoms with E-state index in [2.05, 4.69) is 24.1 Å². The highest BCUT2D eigenvalue weighted by atomic mass is 16.1. The average molecular weight is 245 g/mol. The minimum absolute atomic E-state index is 0.124. The Labute approximate surface area is 110 Å². The third kappa shape index (κ3) is 3.12. The summed E-state index contributed by atoms with van der Waals surface area (Å²) < 4.78 is 0. The van der Waals surface area contributed by atoms with E-state index in [0.717, 1.165) is 19.4 Å². The first-order valence-corrected chi connectivity index (χ1v) is 6.98. The van der Waals surface area contributed by atoms with Crippen LogP contribution in [0, 0.1) is 5.41 Å². The fraction of sp³-hybridized carbons (Fsp3) is 0.562. The lowest BCUT2D eigenvalue weighted by Crippen LogP contribution is -2.36. The van der Waals surface area contributed by atoms with Crippen LogP contribution in [0.4, 0.5) is 5.69 Å². The Hall–Kier alpha value is -1.31. The van der Waals surface area contributed by atoms with E-state index in [9.17, 15) is 4.79 Å². The summed E-state index contributed by atoms with van der Waals surface area (Å²) in [4.78, 5) is 13.8. The maximum absolute atomic E-state index is 11.6. The highest BCUT2D eigenvalue weighted by Crippen LogP contribution is 2.34. The van der Waals surface area contributed by atoms with Crippen molar-refractivity contribution >= 4 is 12.0 Å². The van der Waals surface area contributed by atoms with E-state index in [1.165, 1.54) is 37.7 Å². The maximum Gasteiger partial charge on any atom is 0.127 e. The number of carbonyl (C=O) groups excluding carboxylic acids is 1. The van der Waals surface area contributed by atoms with E-state index in [0.29, 0.717) is 0 Å². The monoisotopic (exact) mass is 245 g/mol. The van der Waals surface area contributed by atoms with E-state index in [-0.39, 0.29) is 5.41 Å². The summed E-state index contributed by atoms with van der Waals surface area (Å²) >= 11 is 0. The molecule has 0 spiro atoms. The van der Waals surface area contributed by atoms with Gasteiger partial charge < -0.3 is 9.69 Å². The van der Waals surface area contributed by atoms with Gasteiger partial charge in [0.2, 0.25) is 0 Å². The van der Waals surface area contributed by atoms with Crippen LogP contribution in [0.15, 0.2) is 30.3 Å². The van der Waals surface area contributed by atoms with E-state index in [4.69, 9.17) is 0 Å². The van der Waals surface area contributed by atoms with Crippen LogP contribution in [0.1, 0.15) is 38.5 Å². The highest BCUT2D eigenvalue weighted by Gasteiger charge is 2.31. The summed E-state index contributed by atoms with van der Waals surface area (Å²) in [5, 5.41) is 0. The number of benzene rings is 1. The molecule has 2 heteroatoms. The normalized spacial score (nSPS) is 18.9. The van der Waals surface area contributed by atoms with Crippen LogP contribution >= 0.6 is 0 Å². The van der Waals surface area contributed by atoms with Crippen LogP contribution in [-0.2, 0) is 4.79 Å². The van der Waals surface area contributed by atoms with Gasteiger partial charge in [-0.05, 0) is 25.0 Å². The van der Waals surface area contributed by atoms with Crippen LogP contribution in [0.2, 0.25) is 0 Å². The van der Waals surface area contributed by atoms with Crippen molar-refractivity contribution in [1.29, 1.82) is 0 Å². The van der Waals surface area contributed by atoms with Crippen LogP contribution in [-0.4, -0.2) is 19.9 Å². The zero-order valence-electron chi connectivity index (χ0n) is 11.3. The second-order valence-electron chi connectivity index (χ2n) is 5.59. The van der Waals surface area contributed by atoms with Gasteiger partial charge in [0.25, 0.3) is 0 Å². The number of para-hydroxylation sites is 1. The minimum Gasteiger partial charge on any atom is -0.374 e. The number of hydrogen-bond donors (Lipinski definition) is 0. The van der Waals surface area contributed by atoms with E-state index >= 15 is 0 Å². The molecule has 1 aliphatic carbocycles. The topological polar surface area (TPSA) is 20.3 Å². The van der Waals surface area contributed by atoms with Crippen LogP contribution in [0.5, 0.6) is 0 Å². The van der Waals surface area contributed by atoms with Crippen molar-refractivity contribution in [3.8, 4) is 0 Å². The molecule has 0 aliphatic heterocycles. The zero-order valence-corrected chi connectivity index (χ0v) is 11.3. The quantitative estimate of drug-likeness (QED) is 0.596. The fourth-order valence-corrected chi connectivity index (χ4v) is 2.99. The number of anilines is 1. The van der Waals surface area contributed by atoms with Crippen molar-refractivity contribution < 1.29 is 4.79 Å². The predicted molar refractivity (Wildman–Crippen MR) is 75.9 cm³/mol. The summed E-state index contributed by atoms with van der Waals surface area (Å²) in [5.41, 5.74) is 1.07. The van der Waals surface area contributed by atoms with Crippen molar-refractivity contribution in [2.75, 3.05) is 18.5 Å². The molecular formula is C16H23NO. The Morgan fingerprint density at radius 3 is 2.28 bits per heavy atom. The van der Waals surface area contributed by atoms with Gasteiger partial charge in [-0.15, -0.1) is 0 Å². The fourth-order valence-electron chi connectivity index (χ4n) is 2.99. The van der Waals surface area contributed by atoms with Gasteiger partial charge in [0.15, 0.2) is 0 Å². The summed E-state index contributed by atoms with van der Waals surface area (Å²) in [6, 6.07) is 10.3. The summed E-state index contributed by atoms with van der Waals surface area (Å²) in [7, 11) is 2.09. The first-order chi connectivity index (χ1) is 8.76. The number of aldehydes is 1. The largest absolute Gasteiger partial charge is 0.374 e. The molecule has 1 aromatic rings. The van der Waals surface area contributed by atoms with Crippen LogP contribution in [0.3, 0.4) is 0 Å². The molecule has 1 saturated carbocycles. The van der Waals surface area contributed by atoms with E-state index < -0.39 is 0 Å². The third-order valence-corrected chi connectivity index (χ3v) is 4.10. The molecule has 0 heterocycles. The Morgan fingerprint density at radius 2 is 1.72 bits per heavy atom. The SMILES string of the molecule is CN(CC1(C=O)CCCCCC1)c1ccccc1. The second-order valence-corrected chi connectivity index (χ2v) is 5.59. The van der Waals surface area contributed by atoms with Gasteiger partial charge in [-0.2, -0.15) is 0 Å². The Morgan fingerprint density at radius 1 is 1.11 bits per heavy atom. The number of nitrogens with zero attached hydrogens (tertiary/aromatic N) is 1. The number of hydrogen-bond acceptors (Lipinski definition) is 2. The van der Waals surface area contributed by atoms with Gasteiger partial charge in [0.05, 0.1) is 0 Å². The van der Waals surface area contributed by atoms with Crippen molar-refractivity contribution in [2.45, 2.75) is 38.5 Å². The third-order valence-electron chi connectivity index (χ3n) is 4.10. The molecule has 98 valence electrons. The standard InChI is InChI=1S/C16H23NO/c1-17(15-9-5-4-6-10-15)13-16(14-18)11-7-2-3-8-12-16/h4-6,9-10,14H,2-3,7-8,11-13H2,1H3. The van der Waals surface area contributed by atoms with Gasteiger partial charge in [-0.25, -0.2) is 0 Å². The Kier molecular flexibility index (Phi) is 4.40. The Balaban J connectivity index is 2.07. The van der Waals surface area contributed by atoms with Gasteiger partial charge in [0, 0.05) is 24.7 Å². The van der Waals surface area contributed by atoms with Crippen molar-refractivity contribution in [1.82, 2.24) is 0 Å². The molecule has 1 aliphatic rings. The van der Waals surface area contributed by atoms with Crippen LogP contribution in [0.25, 0.3) is 0 Å². The zero-order chi connectivity index (χ0) is 12.8. The molecule has 0 unspecified atom stereocenters. The molecule has 2 nitrogen and oxygen atoms in total. The first kappa shape index (κ1) is 13.1.